The predicted octanol–water partition coefficient (Wildman–Crippen LogP) is 3.79. The van der Waals surface area contributed by atoms with Crippen LogP contribution in [0.5, 0.6) is 0 Å². The summed E-state index contributed by atoms with van der Waals surface area (Å²) in [5.41, 5.74) is 5.54. The minimum Gasteiger partial charge on any atom is -0.459 e. The molecule has 1 aromatic rings. The summed E-state index contributed by atoms with van der Waals surface area (Å²) in [4.78, 5) is 12.7. The Labute approximate surface area is 130 Å². The second-order valence-corrected chi connectivity index (χ2v) is 6.90. The van der Waals surface area contributed by atoms with Crippen molar-refractivity contribution in [2.24, 2.45) is 5.73 Å². The fraction of sp³-hybridized carbons (Fsp3) is 0.562. The summed E-state index contributed by atoms with van der Waals surface area (Å²) >= 11 is 3.42. The lowest BCUT2D eigenvalue weighted by Crippen LogP contribution is -2.42. The molecule has 1 aromatic carbocycles. The molecule has 0 fully saturated rings. The van der Waals surface area contributed by atoms with Crippen molar-refractivity contribution in [2.75, 3.05) is 6.54 Å². The average molecular weight is 342 g/mol. The molecule has 112 valence electrons. The van der Waals surface area contributed by atoms with Crippen molar-refractivity contribution in [3.8, 4) is 0 Å². The second kappa shape index (κ2) is 6.72. The average Bonchev–Trinajstić information content (AvgIpc) is 2.35. The Bertz CT molecular complexity index is 451. The van der Waals surface area contributed by atoms with Gasteiger partial charge < -0.3 is 10.5 Å². The van der Waals surface area contributed by atoms with E-state index in [4.69, 9.17) is 10.5 Å². The molecule has 1 unspecified atom stereocenters. The van der Waals surface area contributed by atoms with Crippen LogP contribution in [0.3, 0.4) is 0 Å². The quantitative estimate of drug-likeness (QED) is 0.829. The number of carbonyl (C=O) groups is 1. The van der Waals surface area contributed by atoms with Gasteiger partial charge in [0, 0.05) is 4.47 Å². The van der Waals surface area contributed by atoms with Gasteiger partial charge in [-0.25, -0.2) is 0 Å². The molecule has 0 heterocycles. The van der Waals surface area contributed by atoms with E-state index in [0.29, 0.717) is 19.4 Å². The van der Waals surface area contributed by atoms with Gasteiger partial charge >= 0.3 is 5.97 Å². The second-order valence-electron chi connectivity index (χ2n) is 5.98. The lowest BCUT2D eigenvalue weighted by atomic mass is 9.75. The minimum absolute atomic E-state index is 0.194. The Morgan fingerprint density at radius 2 is 1.80 bits per heavy atom. The molecule has 1 atom stereocenters. The molecule has 0 saturated heterocycles. The maximum absolute atomic E-state index is 12.7. The first kappa shape index (κ1) is 17.2. The van der Waals surface area contributed by atoms with Gasteiger partial charge in [-0.15, -0.1) is 0 Å². The zero-order valence-electron chi connectivity index (χ0n) is 12.7. The number of benzene rings is 1. The van der Waals surface area contributed by atoms with Crippen molar-refractivity contribution in [1.29, 1.82) is 0 Å². The standard InChI is InChI=1S/C16H24BrNO2/c1-5-16(10-11-18,14(19)20-15(2,3)4)12-6-8-13(17)9-7-12/h6-9H,5,10-11,18H2,1-4H3. The lowest BCUT2D eigenvalue weighted by Gasteiger charge is -2.34. The molecular weight excluding hydrogens is 318 g/mol. The van der Waals surface area contributed by atoms with Crippen LogP contribution in [0.1, 0.15) is 46.1 Å². The summed E-state index contributed by atoms with van der Waals surface area (Å²) in [6, 6.07) is 7.82. The van der Waals surface area contributed by atoms with Gasteiger partial charge in [0.2, 0.25) is 0 Å². The van der Waals surface area contributed by atoms with Gasteiger partial charge in [-0.3, -0.25) is 4.79 Å². The summed E-state index contributed by atoms with van der Waals surface area (Å²) in [6.45, 7) is 8.10. The highest BCUT2D eigenvalue weighted by atomic mass is 79.9. The van der Waals surface area contributed by atoms with E-state index in [-0.39, 0.29) is 5.97 Å². The first-order valence-electron chi connectivity index (χ1n) is 6.95. The van der Waals surface area contributed by atoms with Gasteiger partial charge in [-0.05, 0) is 57.9 Å². The number of halogens is 1. The molecule has 0 aliphatic rings. The minimum atomic E-state index is -0.664. The molecule has 20 heavy (non-hydrogen) atoms. The van der Waals surface area contributed by atoms with Gasteiger partial charge in [0.25, 0.3) is 0 Å². The smallest absolute Gasteiger partial charge is 0.317 e. The molecule has 1 rings (SSSR count). The third kappa shape index (κ3) is 4.06. The Morgan fingerprint density at radius 1 is 1.25 bits per heavy atom. The normalized spacial score (nSPS) is 14.7. The molecule has 0 aromatic heterocycles. The van der Waals surface area contributed by atoms with Crippen LogP contribution >= 0.6 is 15.9 Å². The molecule has 0 radical (unpaired) electrons. The largest absolute Gasteiger partial charge is 0.459 e. The van der Waals surface area contributed by atoms with Gasteiger partial charge in [-0.2, -0.15) is 0 Å². The van der Waals surface area contributed by atoms with Crippen LogP contribution in [0.4, 0.5) is 0 Å². The molecule has 4 heteroatoms. The van der Waals surface area contributed by atoms with Crippen LogP contribution in [-0.4, -0.2) is 18.1 Å². The molecule has 2 N–H and O–H groups in total. The lowest BCUT2D eigenvalue weighted by molar-refractivity contribution is -0.162. The summed E-state index contributed by atoms with van der Waals surface area (Å²) in [5.74, 6) is -0.194. The molecule has 3 nitrogen and oxygen atoms in total. The van der Waals surface area contributed by atoms with Crippen molar-refractivity contribution in [3.05, 3.63) is 34.3 Å². The number of nitrogens with two attached hydrogens (primary N) is 1. The van der Waals surface area contributed by atoms with Crippen molar-refractivity contribution < 1.29 is 9.53 Å². The topological polar surface area (TPSA) is 52.3 Å². The number of hydrogen-bond donors (Lipinski definition) is 1. The molecule has 0 aliphatic heterocycles. The third-order valence-corrected chi connectivity index (χ3v) is 3.89. The van der Waals surface area contributed by atoms with Crippen LogP contribution in [0.2, 0.25) is 0 Å². The van der Waals surface area contributed by atoms with E-state index < -0.39 is 11.0 Å². The number of hydrogen-bond acceptors (Lipinski definition) is 3. The van der Waals surface area contributed by atoms with E-state index in [2.05, 4.69) is 15.9 Å². The van der Waals surface area contributed by atoms with Crippen LogP contribution in [0, 0.1) is 0 Å². The predicted molar refractivity (Wildman–Crippen MR) is 85.6 cm³/mol. The number of esters is 1. The highest BCUT2D eigenvalue weighted by Gasteiger charge is 2.41. The summed E-state index contributed by atoms with van der Waals surface area (Å²) < 4.78 is 6.61. The Morgan fingerprint density at radius 3 is 2.20 bits per heavy atom. The van der Waals surface area contributed by atoms with Crippen molar-refractivity contribution in [2.45, 2.75) is 51.6 Å². The maximum Gasteiger partial charge on any atom is 0.317 e. The molecule has 0 spiro atoms. The van der Waals surface area contributed by atoms with Crippen molar-refractivity contribution >= 4 is 21.9 Å². The Balaban J connectivity index is 3.21. The molecule has 0 saturated carbocycles. The van der Waals surface area contributed by atoms with Crippen molar-refractivity contribution in [1.82, 2.24) is 0 Å². The zero-order valence-corrected chi connectivity index (χ0v) is 14.3. The fourth-order valence-corrected chi connectivity index (χ4v) is 2.54. The number of carbonyl (C=O) groups excluding carboxylic acids is 1. The van der Waals surface area contributed by atoms with Gasteiger partial charge in [-0.1, -0.05) is 35.0 Å². The first-order valence-corrected chi connectivity index (χ1v) is 7.74. The Hall–Kier alpha value is -0.870. The van der Waals surface area contributed by atoms with E-state index in [1.54, 1.807) is 0 Å². The van der Waals surface area contributed by atoms with Gasteiger partial charge in [0.15, 0.2) is 0 Å². The number of ether oxygens (including phenoxy) is 1. The highest BCUT2D eigenvalue weighted by molar-refractivity contribution is 9.10. The molecule has 0 amide bonds. The monoisotopic (exact) mass is 341 g/mol. The first-order chi connectivity index (χ1) is 9.25. The van der Waals surface area contributed by atoms with Gasteiger partial charge in [0.05, 0.1) is 5.41 Å². The van der Waals surface area contributed by atoms with Gasteiger partial charge in [0.1, 0.15) is 5.60 Å². The maximum atomic E-state index is 12.7. The van der Waals surface area contributed by atoms with E-state index in [1.807, 2.05) is 52.0 Å². The van der Waals surface area contributed by atoms with E-state index in [1.165, 1.54) is 0 Å². The summed E-state index contributed by atoms with van der Waals surface area (Å²) in [5, 5.41) is 0. The van der Waals surface area contributed by atoms with Crippen LogP contribution in [0.25, 0.3) is 0 Å². The number of rotatable bonds is 5. The van der Waals surface area contributed by atoms with E-state index in [9.17, 15) is 4.79 Å². The zero-order chi connectivity index (χ0) is 15.4. The van der Waals surface area contributed by atoms with E-state index in [0.717, 1.165) is 10.0 Å². The fourth-order valence-electron chi connectivity index (χ4n) is 2.28. The van der Waals surface area contributed by atoms with Crippen LogP contribution in [0.15, 0.2) is 28.7 Å². The van der Waals surface area contributed by atoms with Crippen LogP contribution in [-0.2, 0) is 14.9 Å². The SMILES string of the molecule is CCC(CCN)(C(=O)OC(C)(C)C)c1ccc(Br)cc1. The highest BCUT2D eigenvalue weighted by Crippen LogP contribution is 2.35. The van der Waals surface area contributed by atoms with Crippen molar-refractivity contribution in [3.63, 3.8) is 0 Å². The Kier molecular flexibility index (Phi) is 5.78. The molecule has 0 bridgehead atoms. The molecule has 0 aliphatic carbocycles. The summed E-state index contributed by atoms with van der Waals surface area (Å²) in [7, 11) is 0. The van der Waals surface area contributed by atoms with E-state index >= 15 is 0 Å². The molecular formula is C16H24BrNO2. The van der Waals surface area contributed by atoms with Crippen LogP contribution < -0.4 is 5.73 Å². The third-order valence-electron chi connectivity index (χ3n) is 3.36. The summed E-state index contributed by atoms with van der Waals surface area (Å²) in [6.07, 6.45) is 1.25.